The largest absolute Gasteiger partial charge is 0.352 e. The molecule has 32 heavy (non-hydrogen) atoms. The van der Waals surface area contributed by atoms with Crippen LogP contribution in [0.4, 0.5) is 0 Å². The topological polar surface area (TPSA) is 68.9 Å². The molecule has 0 saturated heterocycles. The van der Waals surface area contributed by atoms with Crippen molar-refractivity contribution in [3.63, 3.8) is 0 Å². The maximum atomic E-state index is 13.0. The van der Waals surface area contributed by atoms with Crippen LogP contribution in [0.3, 0.4) is 0 Å². The SMILES string of the molecule is O=C(NCCCn1ccc2ccccc21)c1ccc2c(=O)n3c(nc2c1)CCCCCC3. The summed E-state index contributed by atoms with van der Waals surface area (Å²) in [7, 11) is 0. The highest BCUT2D eigenvalue weighted by atomic mass is 16.1. The number of carbonyl (C=O) groups excluding carboxylic acids is 1. The van der Waals surface area contributed by atoms with Crippen molar-refractivity contribution < 1.29 is 4.79 Å². The number of aryl methyl sites for hydroxylation is 2. The Bertz CT molecular complexity index is 1330. The third-order valence-corrected chi connectivity index (χ3v) is 6.37. The Morgan fingerprint density at radius 3 is 2.84 bits per heavy atom. The van der Waals surface area contributed by atoms with E-state index in [1.165, 1.54) is 17.3 Å². The Hall–Kier alpha value is -3.41. The number of hydrogen-bond donors (Lipinski definition) is 1. The van der Waals surface area contributed by atoms with Crippen LogP contribution in [0.1, 0.15) is 48.3 Å². The molecular formula is C26H28N4O2. The second kappa shape index (κ2) is 8.99. The molecule has 3 heterocycles. The van der Waals surface area contributed by atoms with E-state index in [9.17, 15) is 9.59 Å². The first-order valence-electron chi connectivity index (χ1n) is 11.6. The molecule has 0 atom stereocenters. The Morgan fingerprint density at radius 1 is 1.03 bits per heavy atom. The summed E-state index contributed by atoms with van der Waals surface area (Å²) in [6.45, 7) is 2.16. The third-order valence-electron chi connectivity index (χ3n) is 6.37. The molecule has 6 nitrogen and oxygen atoms in total. The fourth-order valence-corrected chi connectivity index (χ4v) is 4.63. The first-order chi connectivity index (χ1) is 15.7. The molecule has 0 fully saturated rings. The van der Waals surface area contributed by atoms with Gasteiger partial charge in [-0.3, -0.25) is 14.2 Å². The maximum Gasteiger partial charge on any atom is 0.261 e. The first kappa shape index (κ1) is 20.5. The highest BCUT2D eigenvalue weighted by molar-refractivity contribution is 5.97. The zero-order chi connectivity index (χ0) is 21.9. The monoisotopic (exact) mass is 428 g/mol. The van der Waals surface area contributed by atoms with Crippen LogP contribution >= 0.6 is 0 Å². The molecule has 2 aromatic carbocycles. The number of nitrogens with zero attached hydrogens (tertiary/aromatic N) is 3. The van der Waals surface area contributed by atoms with E-state index in [4.69, 9.17) is 4.98 Å². The molecule has 1 aliphatic rings. The van der Waals surface area contributed by atoms with Gasteiger partial charge in [0.2, 0.25) is 0 Å². The lowest BCUT2D eigenvalue weighted by Gasteiger charge is -2.16. The van der Waals surface area contributed by atoms with E-state index in [1.54, 1.807) is 18.2 Å². The molecule has 2 aromatic heterocycles. The van der Waals surface area contributed by atoms with E-state index in [0.29, 0.717) is 23.0 Å². The van der Waals surface area contributed by atoms with Gasteiger partial charge in [0.05, 0.1) is 10.9 Å². The second-order valence-electron chi connectivity index (χ2n) is 8.56. The molecule has 6 heteroatoms. The van der Waals surface area contributed by atoms with E-state index >= 15 is 0 Å². The summed E-state index contributed by atoms with van der Waals surface area (Å²) in [5, 5.41) is 4.82. The molecule has 0 spiro atoms. The maximum absolute atomic E-state index is 13.0. The number of nitrogens with one attached hydrogen (secondary N) is 1. The molecule has 164 valence electrons. The summed E-state index contributed by atoms with van der Waals surface area (Å²) in [6.07, 6.45) is 8.14. The van der Waals surface area contributed by atoms with Crippen molar-refractivity contribution in [1.29, 1.82) is 0 Å². The normalized spacial score (nSPS) is 14.1. The van der Waals surface area contributed by atoms with Gasteiger partial charge in [-0.15, -0.1) is 0 Å². The van der Waals surface area contributed by atoms with Gasteiger partial charge in [-0.25, -0.2) is 4.98 Å². The number of rotatable bonds is 5. The molecule has 0 saturated carbocycles. The summed E-state index contributed by atoms with van der Waals surface area (Å²) in [4.78, 5) is 30.4. The van der Waals surface area contributed by atoms with Crippen molar-refractivity contribution in [2.45, 2.75) is 51.6 Å². The highest BCUT2D eigenvalue weighted by Gasteiger charge is 2.15. The number of benzene rings is 2. The molecule has 0 aliphatic carbocycles. The number of aromatic nitrogens is 3. The van der Waals surface area contributed by atoms with Crippen LogP contribution in [0.5, 0.6) is 0 Å². The molecule has 5 rings (SSSR count). The van der Waals surface area contributed by atoms with Crippen molar-refractivity contribution in [2.75, 3.05) is 6.54 Å². The summed E-state index contributed by atoms with van der Waals surface area (Å²) in [5.74, 6) is 0.719. The highest BCUT2D eigenvalue weighted by Crippen LogP contribution is 2.17. The van der Waals surface area contributed by atoms with Gasteiger partial charge in [-0.2, -0.15) is 0 Å². The lowest BCUT2D eigenvalue weighted by atomic mass is 10.1. The summed E-state index contributed by atoms with van der Waals surface area (Å²) in [6, 6.07) is 15.6. The Balaban J connectivity index is 1.27. The minimum Gasteiger partial charge on any atom is -0.352 e. The van der Waals surface area contributed by atoms with Crippen molar-refractivity contribution in [1.82, 2.24) is 19.4 Å². The van der Waals surface area contributed by atoms with Crippen LogP contribution in [0, 0.1) is 0 Å². The Kier molecular flexibility index (Phi) is 5.75. The lowest BCUT2D eigenvalue weighted by molar-refractivity contribution is 0.0953. The third kappa shape index (κ3) is 4.05. The predicted molar refractivity (Wildman–Crippen MR) is 127 cm³/mol. The van der Waals surface area contributed by atoms with Crippen LogP contribution in [0.2, 0.25) is 0 Å². The van der Waals surface area contributed by atoms with Crippen LogP contribution < -0.4 is 10.9 Å². The van der Waals surface area contributed by atoms with Gasteiger partial charge in [0.25, 0.3) is 11.5 Å². The molecule has 1 amide bonds. The van der Waals surface area contributed by atoms with Gasteiger partial charge >= 0.3 is 0 Å². The van der Waals surface area contributed by atoms with E-state index in [1.807, 2.05) is 16.7 Å². The number of fused-ring (bicyclic) bond motifs is 3. The average Bonchev–Trinajstić information content (AvgIpc) is 3.21. The van der Waals surface area contributed by atoms with Gasteiger partial charge in [0.15, 0.2) is 0 Å². The van der Waals surface area contributed by atoms with Crippen LogP contribution in [-0.2, 0) is 19.5 Å². The molecule has 1 N–H and O–H groups in total. The molecule has 0 unspecified atom stereocenters. The molecule has 0 radical (unpaired) electrons. The molecular weight excluding hydrogens is 400 g/mol. The number of carbonyl (C=O) groups is 1. The van der Waals surface area contributed by atoms with Gasteiger partial charge in [-0.05, 0) is 55.0 Å². The summed E-state index contributed by atoms with van der Waals surface area (Å²) in [5.41, 5.74) is 2.39. The first-order valence-corrected chi connectivity index (χ1v) is 11.6. The van der Waals surface area contributed by atoms with Crippen molar-refractivity contribution in [2.24, 2.45) is 0 Å². The molecule has 4 aromatic rings. The van der Waals surface area contributed by atoms with Gasteiger partial charge in [0, 0.05) is 43.3 Å². The van der Waals surface area contributed by atoms with Gasteiger partial charge in [-0.1, -0.05) is 31.0 Å². The van der Waals surface area contributed by atoms with Crippen LogP contribution in [0.15, 0.2) is 59.5 Å². The van der Waals surface area contributed by atoms with E-state index in [2.05, 4.69) is 34.3 Å². The van der Waals surface area contributed by atoms with Crippen LogP contribution in [0.25, 0.3) is 21.8 Å². The second-order valence-corrected chi connectivity index (χ2v) is 8.56. The van der Waals surface area contributed by atoms with Crippen molar-refractivity contribution in [3.8, 4) is 0 Å². The summed E-state index contributed by atoms with van der Waals surface area (Å²) >= 11 is 0. The zero-order valence-corrected chi connectivity index (χ0v) is 18.2. The van der Waals surface area contributed by atoms with Gasteiger partial charge in [0.1, 0.15) is 5.82 Å². The lowest BCUT2D eigenvalue weighted by Crippen LogP contribution is -2.27. The van der Waals surface area contributed by atoms with Crippen molar-refractivity contribution >= 4 is 27.7 Å². The van der Waals surface area contributed by atoms with E-state index in [-0.39, 0.29) is 11.5 Å². The van der Waals surface area contributed by atoms with Crippen LogP contribution in [-0.4, -0.2) is 26.6 Å². The molecule has 1 aliphatic heterocycles. The zero-order valence-electron chi connectivity index (χ0n) is 18.2. The Morgan fingerprint density at radius 2 is 1.91 bits per heavy atom. The summed E-state index contributed by atoms with van der Waals surface area (Å²) < 4.78 is 4.04. The molecule has 0 bridgehead atoms. The van der Waals surface area contributed by atoms with Crippen molar-refractivity contribution in [3.05, 3.63) is 76.5 Å². The van der Waals surface area contributed by atoms with E-state index < -0.39 is 0 Å². The number of amides is 1. The smallest absolute Gasteiger partial charge is 0.261 e. The number of para-hydroxylation sites is 1. The average molecular weight is 429 g/mol. The minimum absolute atomic E-state index is 0.0119. The quantitative estimate of drug-likeness (QED) is 0.482. The number of hydrogen-bond acceptors (Lipinski definition) is 3. The standard InChI is InChI=1S/C26H28N4O2/c31-25(27-14-7-15-29-17-13-19-8-4-5-9-23(19)29)20-11-12-21-22(18-20)28-24-10-3-1-2-6-16-30(24)26(21)32/h4-5,8-9,11-13,17-18H,1-3,6-7,10,14-16H2,(H,27,31). The minimum atomic E-state index is -0.127. The van der Waals surface area contributed by atoms with Gasteiger partial charge < -0.3 is 9.88 Å². The van der Waals surface area contributed by atoms with E-state index in [0.717, 1.165) is 51.0 Å². The predicted octanol–water partition coefficient (Wildman–Crippen LogP) is 4.29. The fraction of sp³-hybridized carbons (Fsp3) is 0.346. The Labute approximate surface area is 186 Å². The fourth-order valence-electron chi connectivity index (χ4n) is 4.63.